The topological polar surface area (TPSA) is 78.2 Å². The Labute approximate surface area is 202 Å². The summed E-state index contributed by atoms with van der Waals surface area (Å²) in [7, 11) is 1.54. The van der Waals surface area contributed by atoms with E-state index in [-0.39, 0.29) is 18.0 Å². The van der Waals surface area contributed by atoms with Crippen LogP contribution in [0.25, 0.3) is 27.8 Å². The van der Waals surface area contributed by atoms with Gasteiger partial charge in [-0.3, -0.25) is 14.2 Å². The average Bonchev–Trinajstić information content (AvgIpc) is 3.24. The normalized spacial score (nSPS) is 10.9. The minimum absolute atomic E-state index is 0.180. The van der Waals surface area contributed by atoms with E-state index in [1.807, 2.05) is 79.7 Å². The Morgan fingerprint density at radius 1 is 0.943 bits per heavy atom. The molecule has 0 fully saturated rings. The van der Waals surface area contributed by atoms with Crippen molar-refractivity contribution in [2.75, 3.05) is 12.4 Å². The molecule has 174 valence electrons. The van der Waals surface area contributed by atoms with Gasteiger partial charge in [-0.2, -0.15) is 5.10 Å². The predicted octanol–water partition coefficient (Wildman–Crippen LogP) is 4.81. The molecule has 0 radical (unpaired) electrons. The number of nitrogens with zero attached hydrogens (tertiary/aromatic N) is 3. The number of carbonyl (C=O) groups is 1. The van der Waals surface area contributed by atoms with E-state index < -0.39 is 0 Å². The van der Waals surface area contributed by atoms with Gasteiger partial charge in [0.05, 0.1) is 24.2 Å². The third-order valence-electron chi connectivity index (χ3n) is 5.86. The molecule has 1 N–H and O–H groups in total. The third kappa shape index (κ3) is 4.19. The summed E-state index contributed by atoms with van der Waals surface area (Å²) in [6, 6.07) is 28.1. The van der Waals surface area contributed by atoms with E-state index in [9.17, 15) is 9.59 Å². The highest BCUT2D eigenvalue weighted by molar-refractivity contribution is 5.97. The van der Waals surface area contributed by atoms with Crippen LogP contribution in [0.2, 0.25) is 0 Å². The number of methoxy groups -OCH3 is 1. The first kappa shape index (κ1) is 22.2. The maximum Gasteiger partial charge on any atom is 0.253 e. The van der Waals surface area contributed by atoms with Crippen molar-refractivity contribution in [3.8, 4) is 22.6 Å². The number of amides is 1. The van der Waals surface area contributed by atoms with Crippen LogP contribution in [0.3, 0.4) is 0 Å². The Kier molecular flexibility index (Phi) is 5.89. The van der Waals surface area contributed by atoms with Gasteiger partial charge in [0.2, 0.25) is 5.91 Å². The molecule has 35 heavy (non-hydrogen) atoms. The Hall–Kier alpha value is -4.65. The predicted molar refractivity (Wildman–Crippen MR) is 137 cm³/mol. The van der Waals surface area contributed by atoms with Gasteiger partial charge in [0.15, 0.2) is 0 Å². The number of carbonyl (C=O) groups excluding carboxylic acids is 1. The van der Waals surface area contributed by atoms with Crippen molar-refractivity contribution in [1.82, 2.24) is 14.3 Å². The van der Waals surface area contributed by atoms with Crippen molar-refractivity contribution in [2.24, 2.45) is 0 Å². The molecule has 2 aromatic heterocycles. The van der Waals surface area contributed by atoms with E-state index in [2.05, 4.69) is 5.32 Å². The van der Waals surface area contributed by atoms with Crippen LogP contribution in [0.1, 0.15) is 5.69 Å². The van der Waals surface area contributed by atoms with Crippen LogP contribution in [0, 0.1) is 6.92 Å². The second-order valence-corrected chi connectivity index (χ2v) is 8.13. The number of pyridine rings is 1. The number of benzene rings is 3. The Morgan fingerprint density at radius 2 is 1.60 bits per heavy atom. The number of nitrogens with one attached hydrogen (secondary N) is 1. The second kappa shape index (κ2) is 9.30. The summed E-state index contributed by atoms with van der Waals surface area (Å²) in [6.45, 7) is 1.73. The molecule has 3 aromatic carbocycles. The summed E-state index contributed by atoms with van der Waals surface area (Å²) in [4.78, 5) is 26.5. The second-order valence-electron chi connectivity index (χ2n) is 8.13. The zero-order valence-electron chi connectivity index (χ0n) is 19.4. The van der Waals surface area contributed by atoms with Gasteiger partial charge in [-0.25, -0.2) is 4.68 Å². The maximum atomic E-state index is 13.4. The molecule has 0 aliphatic heterocycles. The summed E-state index contributed by atoms with van der Waals surface area (Å²) in [5, 5.41) is 8.46. The smallest absolute Gasteiger partial charge is 0.253 e. The van der Waals surface area contributed by atoms with Crippen molar-refractivity contribution in [1.29, 1.82) is 0 Å². The molecule has 0 saturated heterocycles. The van der Waals surface area contributed by atoms with Gasteiger partial charge < -0.3 is 10.1 Å². The summed E-state index contributed by atoms with van der Waals surface area (Å²) < 4.78 is 8.54. The minimum atomic E-state index is -0.344. The van der Waals surface area contributed by atoms with Gasteiger partial charge in [-0.05, 0) is 42.3 Å². The molecule has 0 aliphatic carbocycles. The molecular weight excluding hydrogens is 440 g/mol. The van der Waals surface area contributed by atoms with E-state index in [4.69, 9.17) is 9.84 Å². The Bertz CT molecular complexity index is 1570. The number of fused-ring (bicyclic) bond motifs is 1. The van der Waals surface area contributed by atoms with E-state index in [0.717, 1.165) is 27.9 Å². The van der Waals surface area contributed by atoms with E-state index in [1.54, 1.807) is 30.0 Å². The van der Waals surface area contributed by atoms with Crippen molar-refractivity contribution in [2.45, 2.75) is 13.5 Å². The highest BCUT2D eigenvalue weighted by Crippen LogP contribution is 2.31. The van der Waals surface area contributed by atoms with Crippen LogP contribution in [-0.4, -0.2) is 27.4 Å². The fourth-order valence-corrected chi connectivity index (χ4v) is 4.29. The average molecular weight is 465 g/mol. The molecule has 0 atom stereocenters. The zero-order chi connectivity index (χ0) is 24.4. The first-order chi connectivity index (χ1) is 17.1. The van der Waals surface area contributed by atoms with Gasteiger partial charge in [0.1, 0.15) is 17.9 Å². The molecule has 5 aromatic rings. The molecule has 0 bridgehead atoms. The van der Waals surface area contributed by atoms with Gasteiger partial charge >= 0.3 is 0 Å². The van der Waals surface area contributed by atoms with E-state index >= 15 is 0 Å². The number of rotatable bonds is 6. The van der Waals surface area contributed by atoms with Crippen molar-refractivity contribution < 1.29 is 9.53 Å². The molecule has 0 saturated carbocycles. The number of hydrogen-bond acceptors (Lipinski definition) is 4. The molecule has 2 heterocycles. The quantitative estimate of drug-likeness (QED) is 0.391. The first-order valence-corrected chi connectivity index (χ1v) is 11.2. The minimum Gasteiger partial charge on any atom is -0.495 e. The highest BCUT2D eigenvalue weighted by atomic mass is 16.5. The summed E-state index contributed by atoms with van der Waals surface area (Å²) in [5.74, 6) is 0.201. The lowest BCUT2D eigenvalue weighted by Gasteiger charge is -2.14. The summed E-state index contributed by atoms with van der Waals surface area (Å²) >= 11 is 0. The van der Waals surface area contributed by atoms with Gasteiger partial charge in [-0.15, -0.1) is 0 Å². The SMILES string of the molecule is COc1ccccc1NC(=O)Cn1c(=O)cc(-c2ccccc2)c2c(C)nn(-c3ccccc3)c21. The van der Waals surface area contributed by atoms with Crippen LogP contribution in [0.5, 0.6) is 5.75 Å². The van der Waals surface area contributed by atoms with E-state index in [1.165, 1.54) is 4.57 Å². The summed E-state index contributed by atoms with van der Waals surface area (Å²) in [6.07, 6.45) is 0. The van der Waals surface area contributed by atoms with Crippen LogP contribution in [0.4, 0.5) is 5.69 Å². The molecule has 0 unspecified atom stereocenters. The number of aryl methyl sites for hydroxylation is 1. The lowest BCUT2D eigenvalue weighted by Crippen LogP contribution is -2.29. The molecule has 1 amide bonds. The first-order valence-electron chi connectivity index (χ1n) is 11.2. The van der Waals surface area contributed by atoms with Gasteiger partial charge in [0, 0.05) is 11.5 Å². The van der Waals surface area contributed by atoms with Crippen molar-refractivity contribution >= 4 is 22.6 Å². The number of anilines is 1. The number of aromatic nitrogens is 3. The third-order valence-corrected chi connectivity index (χ3v) is 5.86. The molecule has 0 spiro atoms. The van der Waals surface area contributed by atoms with E-state index in [0.29, 0.717) is 17.1 Å². The van der Waals surface area contributed by atoms with Crippen LogP contribution in [-0.2, 0) is 11.3 Å². The Morgan fingerprint density at radius 3 is 2.31 bits per heavy atom. The molecule has 0 aliphatic rings. The molecular formula is C28H24N4O3. The maximum absolute atomic E-state index is 13.4. The largest absolute Gasteiger partial charge is 0.495 e. The fraction of sp³-hybridized carbons (Fsp3) is 0.107. The monoisotopic (exact) mass is 464 g/mol. The van der Waals surface area contributed by atoms with Crippen LogP contribution in [0.15, 0.2) is 95.8 Å². The molecule has 7 heteroatoms. The van der Waals surface area contributed by atoms with Crippen molar-refractivity contribution in [3.05, 3.63) is 107 Å². The number of ether oxygens (including phenoxy) is 1. The fourth-order valence-electron chi connectivity index (χ4n) is 4.29. The van der Waals surface area contributed by atoms with Gasteiger partial charge in [0.25, 0.3) is 5.56 Å². The molecule has 5 rings (SSSR count). The number of para-hydroxylation sites is 3. The standard InChI is InChI=1S/C28H24N4O3/c1-19-27-22(20-11-5-3-6-12-20)17-26(34)31(28(27)32(30-19)21-13-7-4-8-14-21)18-25(33)29-23-15-9-10-16-24(23)35-2/h3-17H,18H2,1-2H3,(H,29,33). The Balaban J connectivity index is 1.68. The van der Waals surface area contributed by atoms with Gasteiger partial charge in [-0.1, -0.05) is 60.7 Å². The lowest BCUT2D eigenvalue weighted by atomic mass is 10.0. The number of hydrogen-bond donors (Lipinski definition) is 1. The zero-order valence-corrected chi connectivity index (χ0v) is 19.4. The van der Waals surface area contributed by atoms with Crippen LogP contribution < -0.4 is 15.6 Å². The summed E-state index contributed by atoms with van der Waals surface area (Å²) in [5.41, 5.74) is 4.08. The highest BCUT2D eigenvalue weighted by Gasteiger charge is 2.21. The van der Waals surface area contributed by atoms with Crippen LogP contribution >= 0.6 is 0 Å². The van der Waals surface area contributed by atoms with Crippen molar-refractivity contribution in [3.63, 3.8) is 0 Å². The lowest BCUT2D eigenvalue weighted by molar-refractivity contribution is -0.116. The molecule has 7 nitrogen and oxygen atoms in total.